The molecular weight excluding hydrogens is 252 g/mol. The number of carbonyl (C=O) groups is 1. The fraction of sp³-hybridized carbons (Fsp3) is 0.562. The van der Waals surface area contributed by atoms with Gasteiger partial charge in [0.25, 0.3) is 0 Å². The van der Waals surface area contributed by atoms with Crippen LogP contribution in [0.25, 0.3) is 0 Å². The van der Waals surface area contributed by atoms with Gasteiger partial charge in [0.05, 0.1) is 24.8 Å². The SMILES string of the molecule is CC1(C)COCCN1C(=O)C1Cc2ccccc2CN1. The highest BCUT2D eigenvalue weighted by molar-refractivity contribution is 5.83. The molecule has 0 aliphatic carbocycles. The Balaban J connectivity index is 1.76. The molecule has 2 heterocycles. The van der Waals surface area contributed by atoms with Crippen molar-refractivity contribution in [1.29, 1.82) is 0 Å². The summed E-state index contributed by atoms with van der Waals surface area (Å²) in [7, 11) is 0. The number of ether oxygens (including phenoxy) is 1. The van der Waals surface area contributed by atoms with Crippen LogP contribution < -0.4 is 5.32 Å². The number of hydrogen-bond acceptors (Lipinski definition) is 3. The number of amides is 1. The van der Waals surface area contributed by atoms with E-state index in [-0.39, 0.29) is 17.5 Å². The van der Waals surface area contributed by atoms with Crippen LogP contribution in [-0.4, -0.2) is 42.1 Å². The molecule has 1 aromatic carbocycles. The molecule has 1 amide bonds. The molecule has 108 valence electrons. The van der Waals surface area contributed by atoms with Crippen molar-refractivity contribution in [2.75, 3.05) is 19.8 Å². The summed E-state index contributed by atoms with van der Waals surface area (Å²) in [5.74, 6) is 0.202. The molecule has 1 fully saturated rings. The van der Waals surface area contributed by atoms with Crippen molar-refractivity contribution in [2.24, 2.45) is 0 Å². The zero-order chi connectivity index (χ0) is 14.2. The molecule has 0 radical (unpaired) electrons. The van der Waals surface area contributed by atoms with E-state index in [0.717, 1.165) is 13.0 Å². The molecule has 3 rings (SSSR count). The van der Waals surface area contributed by atoms with Crippen LogP contribution in [0.1, 0.15) is 25.0 Å². The molecule has 0 saturated carbocycles. The van der Waals surface area contributed by atoms with Crippen LogP contribution in [0, 0.1) is 0 Å². The van der Waals surface area contributed by atoms with Crippen LogP contribution in [0.4, 0.5) is 0 Å². The monoisotopic (exact) mass is 274 g/mol. The van der Waals surface area contributed by atoms with Gasteiger partial charge in [-0.3, -0.25) is 4.79 Å². The standard InChI is InChI=1S/C16H22N2O2/c1-16(2)11-20-8-7-18(16)15(19)14-9-12-5-3-4-6-13(12)10-17-14/h3-6,14,17H,7-11H2,1-2H3. The molecule has 1 N–H and O–H groups in total. The van der Waals surface area contributed by atoms with Crippen molar-refractivity contribution < 1.29 is 9.53 Å². The van der Waals surface area contributed by atoms with Crippen molar-refractivity contribution in [3.63, 3.8) is 0 Å². The Morgan fingerprint density at radius 1 is 1.35 bits per heavy atom. The number of hydrogen-bond donors (Lipinski definition) is 1. The third-order valence-electron chi connectivity index (χ3n) is 4.29. The molecule has 1 saturated heterocycles. The van der Waals surface area contributed by atoms with E-state index in [9.17, 15) is 4.79 Å². The highest BCUT2D eigenvalue weighted by Gasteiger charge is 2.38. The summed E-state index contributed by atoms with van der Waals surface area (Å²) in [6, 6.07) is 8.24. The highest BCUT2D eigenvalue weighted by Crippen LogP contribution is 2.23. The molecule has 1 unspecified atom stereocenters. The lowest BCUT2D eigenvalue weighted by molar-refractivity contribution is -0.148. The van der Waals surface area contributed by atoms with Gasteiger partial charge in [0.2, 0.25) is 5.91 Å². The second-order valence-electron chi connectivity index (χ2n) is 6.26. The Labute approximate surface area is 120 Å². The maximum Gasteiger partial charge on any atom is 0.240 e. The lowest BCUT2D eigenvalue weighted by atomic mass is 9.93. The first-order chi connectivity index (χ1) is 9.58. The van der Waals surface area contributed by atoms with Crippen molar-refractivity contribution in [1.82, 2.24) is 10.2 Å². The largest absolute Gasteiger partial charge is 0.377 e. The number of fused-ring (bicyclic) bond motifs is 1. The van der Waals surface area contributed by atoms with Crippen LogP contribution in [0.2, 0.25) is 0 Å². The summed E-state index contributed by atoms with van der Waals surface area (Å²) in [5, 5.41) is 3.38. The summed E-state index contributed by atoms with van der Waals surface area (Å²) in [4.78, 5) is 14.8. The minimum atomic E-state index is -0.214. The van der Waals surface area contributed by atoms with Crippen LogP contribution in [-0.2, 0) is 22.5 Å². The Bertz CT molecular complexity index is 513. The lowest BCUT2D eigenvalue weighted by Crippen LogP contribution is -2.60. The number of benzene rings is 1. The summed E-state index contributed by atoms with van der Waals surface area (Å²) in [6.07, 6.45) is 0.780. The third-order valence-corrected chi connectivity index (χ3v) is 4.29. The van der Waals surface area contributed by atoms with E-state index in [1.165, 1.54) is 11.1 Å². The molecule has 0 spiro atoms. The number of carbonyl (C=O) groups excluding carboxylic acids is 1. The maximum atomic E-state index is 12.8. The van der Waals surface area contributed by atoms with Gasteiger partial charge < -0.3 is 15.0 Å². The van der Waals surface area contributed by atoms with Crippen LogP contribution >= 0.6 is 0 Å². The Hall–Kier alpha value is -1.39. The van der Waals surface area contributed by atoms with E-state index in [1.807, 2.05) is 17.0 Å². The van der Waals surface area contributed by atoms with Crippen LogP contribution in [0.5, 0.6) is 0 Å². The predicted octanol–water partition coefficient (Wildman–Crippen LogP) is 1.34. The van der Waals surface area contributed by atoms with E-state index in [4.69, 9.17) is 4.74 Å². The van der Waals surface area contributed by atoms with Gasteiger partial charge in [-0.2, -0.15) is 0 Å². The fourth-order valence-corrected chi connectivity index (χ4v) is 3.08. The number of nitrogens with zero attached hydrogens (tertiary/aromatic N) is 1. The van der Waals surface area contributed by atoms with E-state index < -0.39 is 0 Å². The van der Waals surface area contributed by atoms with Gasteiger partial charge in [-0.25, -0.2) is 0 Å². The number of rotatable bonds is 1. The normalized spacial score (nSPS) is 25.1. The van der Waals surface area contributed by atoms with Gasteiger partial charge in [-0.1, -0.05) is 24.3 Å². The quantitative estimate of drug-likeness (QED) is 0.840. The Morgan fingerprint density at radius 3 is 2.85 bits per heavy atom. The number of nitrogens with one attached hydrogen (secondary N) is 1. The Kier molecular flexibility index (Phi) is 3.52. The topological polar surface area (TPSA) is 41.6 Å². The molecule has 4 heteroatoms. The molecule has 2 aliphatic heterocycles. The first-order valence-corrected chi connectivity index (χ1v) is 7.27. The summed E-state index contributed by atoms with van der Waals surface area (Å²) in [6.45, 7) is 6.85. The Morgan fingerprint density at radius 2 is 2.10 bits per heavy atom. The molecule has 1 aromatic rings. The average molecular weight is 274 g/mol. The third kappa shape index (κ3) is 2.45. The van der Waals surface area contributed by atoms with E-state index >= 15 is 0 Å². The number of morpholine rings is 1. The molecule has 0 bridgehead atoms. The van der Waals surface area contributed by atoms with Gasteiger partial charge >= 0.3 is 0 Å². The van der Waals surface area contributed by atoms with Crippen molar-refractivity contribution in [3.05, 3.63) is 35.4 Å². The van der Waals surface area contributed by atoms with Gasteiger partial charge in [0.15, 0.2) is 0 Å². The summed E-state index contributed by atoms with van der Waals surface area (Å²) >= 11 is 0. The molecule has 2 aliphatic rings. The van der Waals surface area contributed by atoms with E-state index in [1.54, 1.807) is 0 Å². The maximum absolute atomic E-state index is 12.8. The van der Waals surface area contributed by atoms with Crippen LogP contribution in [0.15, 0.2) is 24.3 Å². The van der Waals surface area contributed by atoms with Crippen molar-refractivity contribution >= 4 is 5.91 Å². The smallest absolute Gasteiger partial charge is 0.240 e. The van der Waals surface area contributed by atoms with Gasteiger partial charge in [0.1, 0.15) is 0 Å². The van der Waals surface area contributed by atoms with Gasteiger partial charge in [-0.05, 0) is 31.4 Å². The van der Waals surface area contributed by atoms with Gasteiger partial charge in [-0.15, -0.1) is 0 Å². The van der Waals surface area contributed by atoms with Crippen molar-refractivity contribution in [2.45, 2.75) is 38.4 Å². The molecule has 4 nitrogen and oxygen atoms in total. The zero-order valence-electron chi connectivity index (χ0n) is 12.2. The second-order valence-corrected chi connectivity index (χ2v) is 6.26. The molecular formula is C16H22N2O2. The zero-order valence-corrected chi connectivity index (χ0v) is 12.2. The second kappa shape index (κ2) is 5.19. The van der Waals surface area contributed by atoms with E-state index in [0.29, 0.717) is 19.8 Å². The molecule has 1 atom stereocenters. The average Bonchev–Trinajstić information content (AvgIpc) is 2.45. The first kappa shape index (κ1) is 13.6. The molecule has 0 aromatic heterocycles. The lowest BCUT2D eigenvalue weighted by Gasteiger charge is -2.44. The summed E-state index contributed by atoms with van der Waals surface area (Å²) in [5.41, 5.74) is 2.38. The van der Waals surface area contributed by atoms with Gasteiger partial charge in [0, 0.05) is 13.1 Å². The molecule has 20 heavy (non-hydrogen) atoms. The van der Waals surface area contributed by atoms with Crippen LogP contribution in [0.3, 0.4) is 0 Å². The van der Waals surface area contributed by atoms with Crippen molar-refractivity contribution in [3.8, 4) is 0 Å². The minimum absolute atomic E-state index is 0.109. The first-order valence-electron chi connectivity index (χ1n) is 7.27. The predicted molar refractivity (Wildman–Crippen MR) is 77.4 cm³/mol. The fourth-order valence-electron chi connectivity index (χ4n) is 3.08. The minimum Gasteiger partial charge on any atom is -0.377 e. The highest BCUT2D eigenvalue weighted by atomic mass is 16.5. The summed E-state index contributed by atoms with van der Waals surface area (Å²) < 4.78 is 5.49. The van der Waals surface area contributed by atoms with E-state index in [2.05, 4.69) is 31.3 Å².